The SMILES string of the molecule is CC(C)[C@]1(C(=O)N2CCc3ncc(C(F)(F)F)cc3C2)CC[C@@H](N=CC2(C)COC2)C1. The predicted molar refractivity (Wildman–Crippen MR) is 111 cm³/mol. The summed E-state index contributed by atoms with van der Waals surface area (Å²) in [5, 5.41) is 0. The summed E-state index contributed by atoms with van der Waals surface area (Å²) in [7, 11) is 0. The van der Waals surface area contributed by atoms with E-state index in [9.17, 15) is 18.0 Å². The van der Waals surface area contributed by atoms with E-state index in [4.69, 9.17) is 9.73 Å². The molecular formula is C23H30F3N3O2. The van der Waals surface area contributed by atoms with Crippen LogP contribution in [0.4, 0.5) is 13.2 Å². The lowest BCUT2D eigenvalue weighted by atomic mass is 9.74. The number of pyridine rings is 1. The van der Waals surface area contributed by atoms with Gasteiger partial charge in [-0.2, -0.15) is 13.2 Å². The fourth-order valence-electron chi connectivity index (χ4n) is 4.99. The molecule has 8 heteroatoms. The highest BCUT2D eigenvalue weighted by atomic mass is 19.4. The number of carbonyl (C=O) groups excluding carboxylic acids is 1. The fourth-order valence-corrected chi connectivity index (χ4v) is 4.99. The van der Waals surface area contributed by atoms with Gasteiger partial charge in [0.2, 0.25) is 5.91 Å². The summed E-state index contributed by atoms with van der Waals surface area (Å²) in [5.41, 5.74) is -0.138. The minimum Gasteiger partial charge on any atom is -0.379 e. The molecule has 0 bridgehead atoms. The standard InChI is InChI=1S/C23H30F3N3O2/c1-15(2)22(6-4-18(9-22)28-12-21(3)13-31-14-21)20(30)29-7-5-19-16(11-29)8-17(10-27-19)23(24,25)26/h8,10,12,15,18H,4-7,9,11,13-14H2,1-3H3/t18-,22+/m1/s1. The van der Waals surface area contributed by atoms with Crippen LogP contribution in [0.2, 0.25) is 0 Å². The van der Waals surface area contributed by atoms with Gasteiger partial charge in [-0.1, -0.05) is 20.8 Å². The van der Waals surface area contributed by atoms with Crippen LogP contribution in [0.5, 0.6) is 0 Å². The second-order valence-electron chi connectivity index (χ2n) is 9.94. The number of fused-ring (bicyclic) bond motifs is 1. The molecule has 1 aromatic rings. The van der Waals surface area contributed by atoms with E-state index in [1.165, 1.54) is 0 Å². The van der Waals surface area contributed by atoms with E-state index in [1.54, 1.807) is 4.90 Å². The molecule has 2 fully saturated rings. The largest absolute Gasteiger partial charge is 0.417 e. The number of amides is 1. The zero-order valence-electron chi connectivity index (χ0n) is 18.3. The van der Waals surface area contributed by atoms with Gasteiger partial charge in [-0.3, -0.25) is 14.8 Å². The van der Waals surface area contributed by atoms with Crippen molar-refractivity contribution in [2.75, 3.05) is 19.8 Å². The molecule has 2 aliphatic heterocycles. The first-order chi connectivity index (χ1) is 14.5. The molecule has 0 N–H and O–H groups in total. The third-order valence-corrected chi connectivity index (χ3v) is 7.17. The Morgan fingerprint density at radius 2 is 2.13 bits per heavy atom. The van der Waals surface area contributed by atoms with Crippen LogP contribution >= 0.6 is 0 Å². The molecule has 2 atom stereocenters. The van der Waals surface area contributed by atoms with Gasteiger partial charge in [0, 0.05) is 43.0 Å². The molecule has 0 unspecified atom stereocenters. The van der Waals surface area contributed by atoms with Crippen LogP contribution in [0, 0.1) is 16.7 Å². The third kappa shape index (κ3) is 4.23. The summed E-state index contributed by atoms with van der Waals surface area (Å²) < 4.78 is 44.6. The van der Waals surface area contributed by atoms with Crippen molar-refractivity contribution in [1.29, 1.82) is 0 Å². The van der Waals surface area contributed by atoms with Crippen LogP contribution in [0.1, 0.15) is 56.9 Å². The average molecular weight is 438 g/mol. The number of carbonyl (C=O) groups is 1. The van der Waals surface area contributed by atoms with E-state index >= 15 is 0 Å². The van der Waals surface area contributed by atoms with Crippen molar-refractivity contribution in [3.63, 3.8) is 0 Å². The molecule has 1 amide bonds. The second-order valence-corrected chi connectivity index (χ2v) is 9.94. The average Bonchev–Trinajstić information content (AvgIpc) is 3.14. The van der Waals surface area contributed by atoms with Crippen LogP contribution in [-0.4, -0.2) is 47.8 Å². The lowest BCUT2D eigenvalue weighted by Gasteiger charge is -2.39. The van der Waals surface area contributed by atoms with Gasteiger partial charge in [0.05, 0.1) is 30.2 Å². The topological polar surface area (TPSA) is 54.8 Å². The van der Waals surface area contributed by atoms with E-state index in [2.05, 4.69) is 25.8 Å². The number of ether oxygens (including phenoxy) is 1. The maximum atomic E-state index is 13.7. The number of aliphatic imine (C=N–C) groups is 1. The van der Waals surface area contributed by atoms with Gasteiger partial charge in [-0.25, -0.2) is 0 Å². The Bertz CT molecular complexity index is 879. The van der Waals surface area contributed by atoms with Crippen LogP contribution in [-0.2, 0) is 28.7 Å². The van der Waals surface area contributed by atoms with Crippen LogP contribution < -0.4 is 0 Å². The first-order valence-corrected chi connectivity index (χ1v) is 11.0. The van der Waals surface area contributed by atoms with Crippen molar-refractivity contribution in [3.8, 4) is 0 Å². The van der Waals surface area contributed by atoms with Crippen LogP contribution in [0.15, 0.2) is 17.3 Å². The smallest absolute Gasteiger partial charge is 0.379 e. The predicted octanol–water partition coefficient (Wildman–Crippen LogP) is 4.29. The lowest BCUT2D eigenvalue weighted by Crippen LogP contribution is -2.47. The van der Waals surface area contributed by atoms with Gasteiger partial charge in [0.1, 0.15) is 0 Å². The Hall–Kier alpha value is -1.96. The van der Waals surface area contributed by atoms with Gasteiger partial charge in [-0.05, 0) is 36.8 Å². The molecule has 3 heterocycles. The molecule has 1 saturated carbocycles. The van der Waals surface area contributed by atoms with Crippen LogP contribution in [0.25, 0.3) is 0 Å². The number of halogens is 3. The van der Waals surface area contributed by atoms with Crippen LogP contribution in [0.3, 0.4) is 0 Å². The zero-order valence-corrected chi connectivity index (χ0v) is 18.3. The minimum absolute atomic E-state index is 0.00708. The van der Waals surface area contributed by atoms with Crippen molar-refractivity contribution in [2.24, 2.45) is 21.7 Å². The number of rotatable bonds is 4. The van der Waals surface area contributed by atoms with E-state index in [0.717, 1.165) is 25.1 Å². The summed E-state index contributed by atoms with van der Waals surface area (Å²) >= 11 is 0. The number of nitrogens with zero attached hydrogens (tertiary/aromatic N) is 3. The van der Waals surface area contributed by atoms with Gasteiger partial charge in [-0.15, -0.1) is 0 Å². The highest BCUT2D eigenvalue weighted by Crippen LogP contribution is 2.47. The highest BCUT2D eigenvalue weighted by molar-refractivity contribution is 5.84. The Kier molecular flexibility index (Phi) is 5.65. The monoisotopic (exact) mass is 437 g/mol. The van der Waals surface area contributed by atoms with Gasteiger partial charge in [0.25, 0.3) is 0 Å². The summed E-state index contributed by atoms with van der Waals surface area (Å²) in [6.07, 6.45) is 1.20. The molecule has 1 saturated heterocycles. The molecule has 0 aromatic carbocycles. The number of aromatic nitrogens is 1. The normalized spacial score (nSPS) is 28.1. The maximum Gasteiger partial charge on any atom is 0.417 e. The summed E-state index contributed by atoms with van der Waals surface area (Å²) in [5.74, 6) is 0.172. The van der Waals surface area contributed by atoms with Gasteiger partial charge < -0.3 is 9.64 Å². The molecular weight excluding hydrogens is 407 g/mol. The number of hydrogen-bond acceptors (Lipinski definition) is 4. The number of alkyl halides is 3. The highest BCUT2D eigenvalue weighted by Gasteiger charge is 2.49. The van der Waals surface area contributed by atoms with E-state index in [-0.39, 0.29) is 29.8 Å². The zero-order chi connectivity index (χ0) is 22.4. The fraction of sp³-hybridized carbons (Fsp3) is 0.696. The van der Waals surface area contributed by atoms with Crippen molar-refractivity contribution in [3.05, 3.63) is 29.1 Å². The second kappa shape index (κ2) is 7.87. The minimum atomic E-state index is -4.44. The van der Waals surface area contributed by atoms with Crippen molar-refractivity contribution >= 4 is 12.1 Å². The Morgan fingerprint density at radius 1 is 1.39 bits per heavy atom. The maximum absolute atomic E-state index is 13.7. The molecule has 0 radical (unpaired) electrons. The van der Waals surface area contributed by atoms with Crippen molar-refractivity contribution in [2.45, 2.75) is 65.2 Å². The summed E-state index contributed by atoms with van der Waals surface area (Å²) in [4.78, 5) is 24.2. The van der Waals surface area contributed by atoms with Crippen molar-refractivity contribution in [1.82, 2.24) is 9.88 Å². The van der Waals surface area contributed by atoms with E-state index < -0.39 is 17.2 Å². The Labute approximate surface area is 181 Å². The molecule has 1 aromatic heterocycles. The molecule has 5 nitrogen and oxygen atoms in total. The Balaban J connectivity index is 1.51. The quantitative estimate of drug-likeness (QED) is 0.661. The summed E-state index contributed by atoms with van der Waals surface area (Å²) in [6, 6.07) is 1.24. The summed E-state index contributed by atoms with van der Waals surface area (Å²) in [6.45, 7) is 8.27. The van der Waals surface area contributed by atoms with Gasteiger partial charge >= 0.3 is 6.18 Å². The lowest BCUT2D eigenvalue weighted by molar-refractivity contribution is -0.145. The first kappa shape index (κ1) is 22.2. The van der Waals surface area contributed by atoms with Gasteiger partial charge in [0.15, 0.2) is 0 Å². The van der Waals surface area contributed by atoms with E-state index in [0.29, 0.717) is 43.9 Å². The molecule has 31 heavy (non-hydrogen) atoms. The molecule has 4 rings (SSSR count). The number of hydrogen-bond donors (Lipinski definition) is 0. The van der Waals surface area contributed by atoms with E-state index in [1.807, 2.05) is 6.21 Å². The Morgan fingerprint density at radius 3 is 2.74 bits per heavy atom. The molecule has 170 valence electrons. The molecule has 0 spiro atoms. The molecule has 3 aliphatic rings. The molecule has 1 aliphatic carbocycles. The first-order valence-electron chi connectivity index (χ1n) is 11.0. The third-order valence-electron chi connectivity index (χ3n) is 7.17. The van der Waals surface area contributed by atoms with Crippen molar-refractivity contribution < 1.29 is 22.7 Å².